The summed E-state index contributed by atoms with van der Waals surface area (Å²) in [5.74, 6) is 0.867. The average molecular weight is 252 g/mol. The van der Waals surface area contributed by atoms with E-state index in [0.717, 1.165) is 24.5 Å². The average Bonchev–Trinajstić information content (AvgIpc) is 2.25. The zero-order chi connectivity index (χ0) is 13.3. The first kappa shape index (κ1) is 14.3. The number of likely N-dealkylation sites (tertiary alicyclic amines) is 1. The van der Waals surface area contributed by atoms with Crippen LogP contribution in [0.3, 0.4) is 0 Å². The maximum absolute atomic E-state index is 6.02. The molecule has 18 heavy (non-hydrogen) atoms. The summed E-state index contributed by atoms with van der Waals surface area (Å²) in [5, 5.41) is 0. The fraction of sp³-hybridized carbons (Fsp3) is 1.00. The molecule has 1 heterocycles. The normalized spacial score (nSPS) is 41.8. The Morgan fingerprint density at radius 3 is 2.50 bits per heavy atom. The van der Waals surface area contributed by atoms with Gasteiger partial charge in [0.25, 0.3) is 0 Å². The summed E-state index contributed by atoms with van der Waals surface area (Å²) in [4.78, 5) is 2.79. The Balaban J connectivity index is 2.12. The number of hydrogen-bond donors (Lipinski definition) is 1. The van der Waals surface area contributed by atoms with Gasteiger partial charge in [0.1, 0.15) is 0 Å². The molecule has 0 bridgehead atoms. The van der Waals surface area contributed by atoms with E-state index in [1.807, 2.05) is 0 Å². The van der Waals surface area contributed by atoms with Gasteiger partial charge in [-0.25, -0.2) is 0 Å². The molecule has 0 aromatic carbocycles. The third-order valence-electron chi connectivity index (χ3n) is 5.15. The van der Waals surface area contributed by atoms with E-state index in [-0.39, 0.29) is 0 Å². The van der Waals surface area contributed by atoms with Gasteiger partial charge in [-0.3, -0.25) is 4.90 Å². The molecule has 0 aromatic heterocycles. The first-order valence-electron chi connectivity index (χ1n) is 7.90. The highest BCUT2D eigenvalue weighted by Crippen LogP contribution is 2.42. The quantitative estimate of drug-likeness (QED) is 0.816. The van der Waals surface area contributed by atoms with Crippen molar-refractivity contribution in [3.63, 3.8) is 0 Å². The third-order valence-corrected chi connectivity index (χ3v) is 5.15. The molecule has 2 rings (SSSR count). The summed E-state index contributed by atoms with van der Waals surface area (Å²) >= 11 is 0. The van der Waals surface area contributed by atoms with Gasteiger partial charge in [-0.2, -0.15) is 0 Å². The Labute approximate surface area is 113 Å². The molecule has 1 aliphatic heterocycles. The molecule has 1 saturated carbocycles. The second kappa shape index (κ2) is 5.50. The second-order valence-electron chi connectivity index (χ2n) is 7.68. The maximum atomic E-state index is 6.02. The molecule has 0 radical (unpaired) electrons. The lowest BCUT2D eigenvalue weighted by Crippen LogP contribution is -2.56. The third kappa shape index (κ3) is 3.08. The maximum Gasteiger partial charge on any atom is 0.0224 e. The zero-order valence-corrected chi connectivity index (χ0v) is 12.8. The zero-order valence-electron chi connectivity index (χ0n) is 12.8. The van der Waals surface area contributed by atoms with Crippen LogP contribution >= 0.6 is 0 Å². The van der Waals surface area contributed by atoms with Crippen LogP contribution in [0.15, 0.2) is 0 Å². The minimum atomic E-state index is 0.513. The molecular weight excluding hydrogens is 220 g/mol. The van der Waals surface area contributed by atoms with Crippen LogP contribution in [0, 0.1) is 11.3 Å². The van der Waals surface area contributed by atoms with Gasteiger partial charge in [-0.1, -0.05) is 27.2 Å². The van der Waals surface area contributed by atoms with Crippen molar-refractivity contribution in [3.05, 3.63) is 0 Å². The molecule has 2 aliphatic rings. The molecule has 106 valence electrons. The Morgan fingerprint density at radius 1 is 1.17 bits per heavy atom. The van der Waals surface area contributed by atoms with Crippen molar-refractivity contribution < 1.29 is 0 Å². The van der Waals surface area contributed by atoms with Crippen molar-refractivity contribution in [2.75, 3.05) is 6.54 Å². The summed E-state index contributed by atoms with van der Waals surface area (Å²) in [6.07, 6.45) is 8.17. The summed E-state index contributed by atoms with van der Waals surface area (Å²) in [7, 11) is 0. The fourth-order valence-corrected chi connectivity index (χ4v) is 4.73. The minimum absolute atomic E-state index is 0.513. The molecule has 2 nitrogen and oxygen atoms in total. The van der Waals surface area contributed by atoms with Gasteiger partial charge in [0.2, 0.25) is 0 Å². The van der Waals surface area contributed by atoms with Crippen molar-refractivity contribution in [2.24, 2.45) is 17.1 Å². The predicted molar refractivity (Wildman–Crippen MR) is 78.6 cm³/mol. The van der Waals surface area contributed by atoms with Crippen molar-refractivity contribution in [3.8, 4) is 0 Å². The minimum Gasteiger partial charge on any atom is -0.329 e. The number of rotatable bonds is 2. The molecule has 2 N–H and O–H groups in total. The highest BCUT2D eigenvalue weighted by Gasteiger charge is 2.39. The number of hydrogen-bond acceptors (Lipinski definition) is 2. The molecule has 4 atom stereocenters. The molecule has 2 fully saturated rings. The van der Waals surface area contributed by atoms with Gasteiger partial charge in [0.15, 0.2) is 0 Å². The van der Waals surface area contributed by atoms with Gasteiger partial charge in [0, 0.05) is 24.7 Å². The second-order valence-corrected chi connectivity index (χ2v) is 7.68. The summed E-state index contributed by atoms with van der Waals surface area (Å²) in [6.45, 7) is 10.6. The highest BCUT2D eigenvalue weighted by molar-refractivity contribution is 4.94. The number of nitrogens with two attached hydrogens (primary N) is 1. The monoisotopic (exact) mass is 252 g/mol. The van der Waals surface area contributed by atoms with Crippen LogP contribution in [0.4, 0.5) is 0 Å². The van der Waals surface area contributed by atoms with Crippen LogP contribution in [0.1, 0.15) is 66.2 Å². The van der Waals surface area contributed by atoms with E-state index in [2.05, 4.69) is 32.6 Å². The number of piperidine rings is 1. The van der Waals surface area contributed by atoms with Crippen LogP contribution < -0.4 is 5.73 Å². The van der Waals surface area contributed by atoms with Crippen LogP contribution in [-0.4, -0.2) is 29.6 Å². The molecule has 1 aliphatic carbocycles. The molecule has 0 aromatic rings. The summed E-state index contributed by atoms with van der Waals surface area (Å²) < 4.78 is 0. The largest absolute Gasteiger partial charge is 0.329 e. The van der Waals surface area contributed by atoms with Crippen LogP contribution in [-0.2, 0) is 0 Å². The lowest BCUT2D eigenvalue weighted by Gasteiger charge is -2.50. The van der Waals surface area contributed by atoms with Crippen molar-refractivity contribution in [2.45, 2.75) is 84.3 Å². The van der Waals surface area contributed by atoms with Crippen molar-refractivity contribution in [1.29, 1.82) is 0 Å². The van der Waals surface area contributed by atoms with E-state index in [1.165, 1.54) is 38.5 Å². The lowest BCUT2D eigenvalue weighted by molar-refractivity contribution is -0.00642. The molecule has 0 amide bonds. The van der Waals surface area contributed by atoms with E-state index < -0.39 is 0 Å². The molecular formula is C16H32N2. The molecule has 0 spiro atoms. The standard InChI is InChI=1S/C16H32N2/c1-12-8-15(10-16(3,4)9-12)18-13(2)6-5-7-14(18)11-17/h12-15H,5-11,17H2,1-4H3. The Kier molecular flexibility index (Phi) is 4.38. The predicted octanol–water partition coefficient (Wildman–Crippen LogP) is 3.40. The van der Waals surface area contributed by atoms with Crippen molar-refractivity contribution in [1.82, 2.24) is 4.90 Å². The van der Waals surface area contributed by atoms with Crippen LogP contribution in [0.25, 0.3) is 0 Å². The Hall–Kier alpha value is -0.0800. The first-order chi connectivity index (χ1) is 8.43. The van der Waals surface area contributed by atoms with Crippen molar-refractivity contribution >= 4 is 0 Å². The lowest BCUT2D eigenvalue weighted by atomic mass is 9.69. The van der Waals surface area contributed by atoms with E-state index in [9.17, 15) is 0 Å². The summed E-state index contributed by atoms with van der Waals surface area (Å²) in [5.41, 5.74) is 6.54. The van der Waals surface area contributed by atoms with Crippen LogP contribution in [0.5, 0.6) is 0 Å². The molecule has 1 saturated heterocycles. The first-order valence-corrected chi connectivity index (χ1v) is 7.90. The smallest absolute Gasteiger partial charge is 0.0224 e. The molecule has 4 unspecified atom stereocenters. The van der Waals surface area contributed by atoms with E-state index in [0.29, 0.717) is 11.5 Å². The number of nitrogens with zero attached hydrogens (tertiary/aromatic N) is 1. The highest BCUT2D eigenvalue weighted by atomic mass is 15.2. The molecule has 2 heteroatoms. The Morgan fingerprint density at radius 2 is 1.89 bits per heavy atom. The van der Waals surface area contributed by atoms with Gasteiger partial charge in [0.05, 0.1) is 0 Å². The van der Waals surface area contributed by atoms with Gasteiger partial charge in [-0.05, 0) is 50.4 Å². The topological polar surface area (TPSA) is 29.3 Å². The van der Waals surface area contributed by atoms with Crippen LogP contribution in [0.2, 0.25) is 0 Å². The van der Waals surface area contributed by atoms with E-state index in [4.69, 9.17) is 5.73 Å². The van der Waals surface area contributed by atoms with Gasteiger partial charge < -0.3 is 5.73 Å². The van der Waals surface area contributed by atoms with Gasteiger partial charge in [-0.15, -0.1) is 0 Å². The summed E-state index contributed by atoms with van der Waals surface area (Å²) in [6, 6.07) is 2.14. The van der Waals surface area contributed by atoms with Gasteiger partial charge >= 0.3 is 0 Å². The van der Waals surface area contributed by atoms with E-state index >= 15 is 0 Å². The Bertz CT molecular complexity index is 274. The fourth-order valence-electron chi connectivity index (χ4n) is 4.73. The SMILES string of the molecule is CC1CC(N2C(C)CCCC2CN)CC(C)(C)C1. The van der Waals surface area contributed by atoms with E-state index in [1.54, 1.807) is 0 Å².